The Balaban J connectivity index is 2.77. The van der Waals surface area contributed by atoms with Crippen molar-refractivity contribution < 1.29 is 10.2 Å². The van der Waals surface area contributed by atoms with E-state index in [2.05, 4.69) is 15.9 Å². The van der Waals surface area contributed by atoms with Gasteiger partial charge in [0, 0.05) is 15.6 Å². The molecule has 0 aliphatic rings. The third-order valence-electron chi connectivity index (χ3n) is 2.49. The third kappa shape index (κ3) is 1.89. The molecular weight excluding hydrogens is 284 g/mol. The van der Waals surface area contributed by atoms with Gasteiger partial charge in [-0.3, -0.25) is 0 Å². The van der Waals surface area contributed by atoms with Crippen molar-refractivity contribution in [3.05, 3.63) is 34.8 Å². The lowest BCUT2D eigenvalue weighted by atomic mass is 10.0. The molecule has 0 atom stereocenters. The van der Waals surface area contributed by atoms with Gasteiger partial charge in [0.25, 0.3) is 0 Å². The molecule has 17 heavy (non-hydrogen) atoms. The van der Waals surface area contributed by atoms with Crippen molar-refractivity contribution in [2.75, 3.05) is 11.5 Å². The number of rotatable bonds is 1. The maximum absolute atomic E-state index is 9.94. The number of phenols is 2. The third-order valence-corrected chi connectivity index (χ3v) is 3.16. The zero-order valence-corrected chi connectivity index (χ0v) is 10.4. The van der Waals surface area contributed by atoms with Gasteiger partial charge >= 0.3 is 0 Å². The number of nitrogens with two attached hydrogens (primary N) is 2. The molecule has 6 N–H and O–H groups in total. The van der Waals surface area contributed by atoms with Crippen LogP contribution in [0.1, 0.15) is 0 Å². The molecule has 88 valence electrons. The van der Waals surface area contributed by atoms with Gasteiger partial charge in [0.15, 0.2) is 0 Å². The summed E-state index contributed by atoms with van der Waals surface area (Å²) in [6.45, 7) is 0. The van der Waals surface area contributed by atoms with E-state index in [1.165, 1.54) is 0 Å². The lowest BCUT2D eigenvalue weighted by Crippen LogP contribution is -1.92. The van der Waals surface area contributed by atoms with Gasteiger partial charge < -0.3 is 21.7 Å². The maximum Gasteiger partial charge on any atom is 0.147 e. The van der Waals surface area contributed by atoms with E-state index in [1.807, 2.05) is 0 Å². The molecule has 2 rings (SSSR count). The van der Waals surface area contributed by atoms with Gasteiger partial charge in [0.1, 0.15) is 11.5 Å². The highest BCUT2D eigenvalue weighted by Gasteiger charge is 2.16. The van der Waals surface area contributed by atoms with Crippen molar-refractivity contribution in [2.24, 2.45) is 0 Å². The first-order chi connectivity index (χ1) is 8.02. The molecule has 2 aromatic rings. The van der Waals surface area contributed by atoms with E-state index in [1.54, 1.807) is 30.3 Å². The second-order valence-electron chi connectivity index (χ2n) is 3.60. The minimum atomic E-state index is -0.0831. The van der Waals surface area contributed by atoms with Crippen LogP contribution in [-0.2, 0) is 0 Å². The van der Waals surface area contributed by atoms with Gasteiger partial charge in [0.2, 0.25) is 0 Å². The van der Waals surface area contributed by atoms with Crippen LogP contribution in [0.25, 0.3) is 11.1 Å². The van der Waals surface area contributed by atoms with Crippen LogP contribution in [0.4, 0.5) is 11.4 Å². The second kappa shape index (κ2) is 4.18. The first-order valence-electron chi connectivity index (χ1n) is 4.87. The Labute approximate surface area is 107 Å². The van der Waals surface area contributed by atoms with E-state index in [4.69, 9.17) is 11.5 Å². The summed E-state index contributed by atoms with van der Waals surface area (Å²) in [4.78, 5) is 0. The Kier molecular flexibility index (Phi) is 2.85. The second-order valence-corrected chi connectivity index (χ2v) is 4.46. The van der Waals surface area contributed by atoms with Crippen molar-refractivity contribution in [2.45, 2.75) is 0 Å². The summed E-state index contributed by atoms with van der Waals surface area (Å²) in [5.41, 5.74) is 12.6. The fourth-order valence-electron chi connectivity index (χ4n) is 1.60. The molecule has 5 heteroatoms. The molecule has 0 fully saturated rings. The molecule has 0 aromatic heterocycles. The van der Waals surface area contributed by atoms with E-state index in [-0.39, 0.29) is 22.9 Å². The van der Waals surface area contributed by atoms with Crippen molar-refractivity contribution in [3.63, 3.8) is 0 Å². The number of hydrogen-bond donors (Lipinski definition) is 4. The van der Waals surface area contributed by atoms with Gasteiger partial charge in [-0.25, -0.2) is 0 Å². The van der Waals surface area contributed by atoms with Crippen molar-refractivity contribution in [1.82, 2.24) is 0 Å². The number of nitrogen functional groups attached to an aromatic ring is 2. The zero-order chi connectivity index (χ0) is 12.6. The lowest BCUT2D eigenvalue weighted by Gasteiger charge is -2.12. The van der Waals surface area contributed by atoms with Crippen LogP contribution >= 0.6 is 15.9 Å². The SMILES string of the molecule is Nc1cccc(-c2c(Br)ccc(N)c2O)c1O. The number of para-hydroxylation sites is 1. The van der Waals surface area contributed by atoms with Crippen molar-refractivity contribution in [1.29, 1.82) is 0 Å². The average molecular weight is 295 g/mol. The molecule has 2 aromatic carbocycles. The summed E-state index contributed by atoms with van der Waals surface area (Å²) >= 11 is 3.31. The molecule has 0 unspecified atom stereocenters. The smallest absolute Gasteiger partial charge is 0.147 e. The standard InChI is InChI=1S/C12H11BrN2O2/c13-7-4-5-9(15)12(17)10(7)6-2-1-3-8(14)11(6)16/h1-5,16-17H,14-15H2. The van der Waals surface area contributed by atoms with Crippen LogP contribution in [0.15, 0.2) is 34.8 Å². The van der Waals surface area contributed by atoms with E-state index >= 15 is 0 Å². The van der Waals surface area contributed by atoms with Crippen LogP contribution in [0.2, 0.25) is 0 Å². The maximum atomic E-state index is 9.94. The monoisotopic (exact) mass is 294 g/mol. The highest BCUT2D eigenvalue weighted by Crippen LogP contribution is 2.44. The first kappa shape index (κ1) is 11.6. The van der Waals surface area contributed by atoms with Gasteiger partial charge in [0.05, 0.1) is 11.4 Å². The minimum Gasteiger partial charge on any atom is -0.505 e. The summed E-state index contributed by atoms with van der Waals surface area (Å²) in [5, 5.41) is 19.8. The van der Waals surface area contributed by atoms with Crippen molar-refractivity contribution in [3.8, 4) is 22.6 Å². The van der Waals surface area contributed by atoms with Crippen LogP contribution in [0.3, 0.4) is 0 Å². The Morgan fingerprint density at radius 3 is 2.24 bits per heavy atom. The summed E-state index contributed by atoms with van der Waals surface area (Å²) in [5.74, 6) is -0.158. The fourth-order valence-corrected chi connectivity index (χ4v) is 2.14. The Morgan fingerprint density at radius 2 is 1.53 bits per heavy atom. The summed E-state index contributed by atoms with van der Waals surface area (Å²) < 4.78 is 0.630. The molecule has 0 saturated carbocycles. The molecule has 0 bridgehead atoms. The molecule has 0 amide bonds. The zero-order valence-electron chi connectivity index (χ0n) is 8.81. The van der Waals surface area contributed by atoms with Crippen LogP contribution < -0.4 is 11.5 Å². The van der Waals surface area contributed by atoms with Crippen molar-refractivity contribution >= 4 is 27.3 Å². The number of halogens is 1. The molecule has 0 saturated heterocycles. The predicted octanol–water partition coefficient (Wildman–Crippen LogP) is 2.69. The molecule has 4 nitrogen and oxygen atoms in total. The molecular formula is C12H11BrN2O2. The molecule has 0 radical (unpaired) electrons. The topological polar surface area (TPSA) is 92.5 Å². The Morgan fingerprint density at radius 1 is 0.882 bits per heavy atom. The van der Waals surface area contributed by atoms with E-state index in [0.717, 1.165) is 0 Å². The van der Waals surface area contributed by atoms with Crippen LogP contribution in [-0.4, -0.2) is 10.2 Å². The number of benzene rings is 2. The summed E-state index contributed by atoms with van der Waals surface area (Å²) in [7, 11) is 0. The minimum absolute atomic E-state index is 0.0749. The number of phenolic OH excluding ortho intramolecular Hbond substituents is 2. The first-order valence-corrected chi connectivity index (χ1v) is 5.66. The normalized spacial score (nSPS) is 10.4. The van der Waals surface area contributed by atoms with Crippen LogP contribution in [0.5, 0.6) is 11.5 Å². The van der Waals surface area contributed by atoms with E-state index in [9.17, 15) is 10.2 Å². The molecule has 0 spiro atoms. The largest absolute Gasteiger partial charge is 0.505 e. The predicted molar refractivity (Wildman–Crippen MR) is 71.7 cm³/mol. The summed E-state index contributed by atoms with van der Waals surface area (Å²) in [6, 6.07) is 8.21. The highest BCUT2D eigenvalue weighted by atomic mass is 79.9. The number of aromatic hydroxyl groups is 2. The van der Waals surface area contributed by atoms with E-state index in [0.29, 0.717) is 15.6 Å². The number of anilines is 2. The van der Waals surface area contributed by atoms with Gasteiger partial charge in [-0.05, 0) is 18.2 Å². The number of hydrogen-bond acceptors (Lipinski definition) is 4. The molecule has 0 heterocycles. The Hall–Kier alpha value is -1.88. The molecule has 0 aliphatic carbocycles. The van der Waals surface area contributed by atoms with E-state index < -0.39 is 0 Å². The molecule has 0 aliphatic heterocycles. The van der Waals surface area contributed by atoms with Gasteiger partial charge in [-0.15, -0.1) is 0 Å². The highest BCUT2D eigenvalue weighted by molar-refractivity contribution is 9.10. The van der Waals surface area contributed by atoms with Crippen LogP contribution in [0, 0.1) is 0 Å². The quantitative estimate of drug-likeness (QED) is 0.481. The lowest BCUT2D eigenvalue weighted by molar-refractivity contribution is 0.471. The average Bonchev–Trinajstić information content (AvgIpc) is 2.30. The fraction of sp³-hybridized carbons (Fsp3) is 0. The van der Waals surface area contributed by atoms with Gasteiger partial charge in [-0.1, -0.05) is 28.1 Å². The summed E-state index contributed by atoms with van der Waals surface area (Å²) in [6.07, 6.45) is 0. The van der Waals surface area contributed by atoms with Gasteiger partial charge in [-0.2, -0.15) is 0 Å². The Bertz CT molecular complexity index is 585.